The number of rotatable bonds is 9. The van der Waals surface area contributed by atoms with Crippen LogP contribution in [0.5, 0.6) is 0 Å². The summed E-state index contributed by atoms with van der Waals surface area (Å²) in [5.74, 6) is 2.93. The lowest BCUT2D eigenvalue weighted by Gasteiger charge is -2.21. The molecule has 0 radical (unpaired) electrons. The minimum absolute atomic E-state index is 0.460. The molecule has 0 aromatic heterocycles. The SMILES string of the molecule is CCC(C)[CH2][Al]([CH2]C(C)CC)[CH2]C(C)CC. The first kappa shape index (κ1) is 16.5. The van der Waals surface area contributed by atoms with Gasteiger partial charge in [0.1, 0.15) is 0 Å². The molecule has 0 aromatic rings. The maximum absolute atomic E-state index is 2.45. The maximum Gasteiger partial charge on any atom is 0.262 e. The fourth-order valence-electron chi connectivity index (χ4n) is 2.50. The molecule has 0 aromatic carbocycles. The van der Waals surface area contributed by atoms with Gasteiger partial charge in [-0.25, -0.2) is 0 Å². The van der Waals surface area contributed by atoms with E-state index in [-0.39, 0.29) is 0 Å². The smallest absolute Gasteiger partial charge is 0.0913 e. The van der Waals surface area contributed by atoms with Crippen LogP contribution in [-0.4, -0.2) is 14.1 Å². The molecule has 0 saturated carbocycles. The Morgan fingerprint density at radius 3 is 1.06 bits per heavy atom. The molecule has 0 rings (SSSR count). The third-order valence-electron chi connectivity index (χ3n) is 4.30. The first-order chi connectivity index (χ1) is 7.53. The van der Waals surface area contributed by atoms with Crippen molar-refractivity contribution in [2.75, 3.05) is 0 Å². The summed E-state index contributed by atoms with van der Waals surface area (Å²) in [5.41, 5.74) is 0. The van der Waals surface area contributed by atoms with E-state index in [1.54, 1.807) is 15.8 Å². The van der Waals surface area contributed by atoms with Gasteiger partial charge in [0.2, 0.25) is 0 Å². The van der Waals surface area contributed by atoms with Gasteiger partial charge in [0.05, 0.1) is 0 Å². The lowest BCUT2D eigenvalue weighted by atomic mass is 10.1. The monoisotopic (exact) mass is 240 g/mol. The highest BCUT2D eigenvalue weighted by Crippen LogP contribution is 2.25. The highest BCUT2D eigenvalue weighted by Gasteiger charge is 2.23. The zero-order chi connectivity index (χ0) is 12.6. The first-order valence-electron chi connectivity index (χ1n) is 7.53. The maximum atomic E-state index is 2.45. The zero-order valence-electron chi connectivity index (χ0n) is 12.6. The second-order valence-electron chi connectivity index (χ2n) is 6.11. The third kappa shape index (κ3) is 7.75. The quantitative estimate of drug-likeness (QED) is 0.459. The van der Waals surface area contributed by atoms with Crippen molar-refractivity contribution >= 4 is 14.1 Å². The van der Waals surface area contributed by atoms with Gasteiger partial charge in [0.15, 0.2) is 0 Å². The third-order valence-corrected chi connectivity index (χ3v) is 8.71. The summed E-state index contributed by atoms with van der Waals surface area (Å²) in [5, 5.41) is 4.77. The van der Waals surface area contributed by atoms with Gasteiger partial charge in [0, 0.05) is 0 Å². The molecule has 0 aliphatic heterocycles. The first-order valence-corrected chi connectivity index (χ1v) is 9.98. The Hall–Kier alpha value is 0.532. The lowest BCUT2D eigenvalue weighted by Crippen LogP contribution is -2.21. The van der Waals surface area contributed by atoms with E-state index >= 15 is 0 Å². The standard InChI is InChI=1S/3C5H11.Al/c3*1-4-5(2)3;/h3*5H,2,4H2,1,3H3;. The zero-order valence-corrected chi connectivity index (χ0v) is 13.7. The number of hydrogen-bond acceptors (Lipinski definition) is 0. The van der Waals surface area contributed by atoms with Crippen LogP contribution in [0.15, 0.2) is 0 Å². The largest absolute Gasteiger partial charge is 0.262 e. The summed E-state index contributed by atoms with van der Waals surface area (Å²) in [4.78, 5) is 0. The van der Waals surface area contributed by atoms with E-state index in [1.807, 2.05) is 0 Å². The van der Waals surface area contributed by atoms with Crippen LogP contribution in [0, 0.1) is 17.8 Å². The highest BCUT2D eigenvalue weighted by atomic mass is 27.2. The summed E-state index contributed by atoms with van der Waals surface area (Å²) < 4.78 is 0. The van der Waals surface area contributed by atoms with Crippen LogP contribution in [0.4, 0.5) is 0 Å². The van der Waals surface area contributed by atoms with Crippen molar-refractivity contribution in [2.24, 2.45) is 17.8 Å². The predicted octanol–water partition coefficient (Wildman–Crippen LogP) is 5.62. The van der Waals surface area contributed by atoms with Gasteiger partial charge >= 0.3 is 0 Å². The molecule has 0 aliphatic carbocycles. The molecule has 0 fully saturated rings. The molecule has 0 saturated heterocycles. The molecule has 0 aliphatic rings. The molecule has 16 heavy (non-hydrogen) atoms. The second kappa shape index (κ2) is 9.55. The van der Waals surface area contributed by atoms with Crippen molar-refractivity contribution in [2.45, 2.75) is 76.7 Å². The molecule has 3 atom stereocenters. The van der Waals surface area contributed by atoms with Crippen molar-refractivity contribution < 1.29 is 0 Å². The van der Waals surface area contributed by atoms with E-state index in [1.165, 1.54) is 19.3 Å². The predicted molar refractivity (Wildman–Crippen MR) is 78.5 cm³/mol. The molecule has 0 amide bonds. The molecule has 0 nitrogen and oxygen atoms in total. The van der Waals surface area contributed by atoms with Gasteiger partial charge in [-0.1, -0.05) is 94.4 Å². The van der Waals surface area contributed by atoms with Crippen LogP contribution >= 0.6 is 0 Å². The fourth-order valence-corrected chi connectivity index (χ4v) is 7.49. The number of hydrogen-bond donors (Lipinski definition) is 0. The van der Waals surface area contributed by atoms with Crippen LogP contribution in [-0.2, 0) is 0 Å². The van der Waals surface area contributed by atoms with Gasteiger partial charge in [-0.15, -0.1) is 0 Å². The van der Waals surface area contributed by atoms with Gasteiger partial charge in [-0.3, -0.25) is 0 Å². The Morgan fingerprint density at radius 1 is 0.625 bits per heavy atom. The van der Waals surface area contributed by atoms with Gasteiger partial charge in [-0.2, -0.15) is 0 Å². The summed E-state index contributed by atoms with van der Waals surface area (Å²) >= 11 is -0.460. The summed E-state index contributed by atoms with van der Waals surface area (Å²) in [6.07, 6.45) is 4.14. The van der Waals surface area contributed by atoms with Crippen molar-refractivity contribution in [3.05, 3.63) is 0 Å². The molecule has 0 heterocycles. The molecular weight excluding hydrogens is 207 g/mol. The van der Waals surface area contributed by atoms with E-state index in [4.69, 9.17) is 0 Å². The molecule has 96 valence electrons. The summed E-state index contributed by atoms with van der Waals surface area (Å²) in [6.45, 7) is 14.4. The lowest BCUT2D eigenvalue weighted by molar-refractivity contribution is 0.568. The average Bonchev–Trinajstić information content (AvgIpc) is 2.28. The van der Waals surface area contributed by atoms with Crippen molar-refractivity contribution in [3.8, 4) is 0 Å². The molecular formula is C15H33Al. The molecule has 0 spiro atoms. The normalized spacial score (nSPS) is 16.9. The Labute approximate surface area is 109 Å². The van der Waals surface area contributed by atoms with E-state index in [9.17, 15) is 0 Å². The minimum Gasteiger partial charge on any atom is -0.0913 e. The molecule has 0 N–H and O–H groups in total. The van der Waals surface area contributed by atoms with Crippen LogP contribution in [0.25, 0.3) is 0 Å². The highest BCUT2D eigenvalue weighted by molar-refractivity contribution is 6.58. The van der Waals surface area contributed by atoms with E-state index < -0.39 is 14.1 Å². The van der Waals surface area contributed by atoms with Crippen LogP contribution in [0.2, 0.25) is 15.8 Å². The van der Waals surface area contributed by atoms with Crippen LogP contribution in [0.3, 0.4) is 0 Å². The minimum atomic E-state index is -0.460. The van der Waals surface area contributed by atoms with Crippen LogP contribution in [0.1, 0.15) is 60.8 Å². The molecule has 3 unspecified atom stereocenters. The molecule has 0 bridgehead atoms. The Kier molecular flexibility index (Phi) is 9.87. The fraction of sp³-hybridized carbons (Fsp3) is 1.00. The van der Waals surface area contributed by atoms with Crippen molar-refractivity contribution in [3.63, 3.8) is 0 Å². The van der Waals surface area contributed by atoms with Crippen LogP contribution < -0.4 is 0 Å². The Morgan fingerprint density at radius 2 is 0.875 bits per heavy atom. The summed E-state index contributed by atoms with van der Waals surface area (Å²) in [6, 6.07) is 0. The average molecular weight is 240 g/mol. The van der Waals surface area contributed by atoms with Gasteiger partial charge in [0.25, 0.3) is 14.1 Å². The van der Waals surface area contributed by atoms with Gasteiger partial charge in [-0.05, 0) is 0 Å². The molecule has 1 heteroatoms. The van der Waals surface area contributed by atoms with Gasteiger partial charge < -0.3 is 0 Å². The Balaban J connectivity index is 4.15. The summed E-state index contributed by atoms with van der Waals surface area (Å²) in [7, 11) is 0. The topological polar surface area (TPSA) is 0 Å². The van der Waals surface area contributed by atoms with E-state index in [0.717, 1.165) is 17.8 Å². The van der Waals surface area contributed by atoms with E-state index in [0.29, 0.717) is 0 Å². The Bertz CT molecular complexity index is 127. The van der Waals surface area contributed by atoms with Crippen molar-refractivity contribution in [1.82, 2.24) is 0 Å². The second-order valence-corrected chi connectivity index (χ2v) is 9.26. The van der Waals surface area contributed by atoms with Crippen molar-refractivity contribution in [1.29, 1.82) is 0 Å². The van der Waals surface area contributed by atoms with E-state index in [2.05, 4.69) is 41.5 Å².